The molecule has 0 aromatic heterocycles. The second kappa shape index (κ2) is 10.4. The highest BCUT2D eigenvalue weighted by atomic mass is 32.2. The van der Waals surface area contributed by atoms with Gasteiger partial charge in [-0.3, -0.25) is 9.26 Å². The van der Waals surface area contributed by atoms with Crippen molar-refractivity contribution in [1.82, 2.24) is 0 Å². The summed E-state index contributed by atoms with van der Waals surface area (Å²) in [5.74, 6) is 0. The molecule has 1 N–H and O–H groups in total. The van der Waals surface area contributed by atoms with Crippen molar-refractivity contribution in [2.24, 2.45) is 0 Å². The Bertz CT molecular complexity index is 334. The first kappa shape index (κ1) is 21.9. The normalized spacial score (nSPS) is 13.8. The van der Waals surface area contributed by atoms with Crippen molar-refractivity contribution >= 4 is 10.1 Å². The maximum absolute atomic E-state index is 13.1. The molecule has 0 saturated carbocycles. The van der Waals surface area contributed by atoms with E-state index in [1.54, 1.807) is 0 Å². The Morgan fingerprint density at radius 3 is 1.80 bits per heavy atom. The van der Waals surface area contributed by atoms with Gasteiger partial charge in [0.05, 0.1) is 0 Å². The molecule has 0 radical (unpaired) electrons. The van der Waals surface area contributed by atoms with Crippen molar-refractivity contribution < 1.29 is 30.8 Å². The average molecular weight is 324 g/mol. The summed E-state index contributed by atoms with van der Waals surface area (Å²) >= 11 is 0. The van der Waals surface area contributed by atoms with Crippen molar-refractivity contribution in [2.45, 2.75) is 76.1 Å². The number of hydrogen-bond donors (Lipinski definition) is 1. The predicted octanol–water partition coefficient (Wildman–Crippen LogP) is 4.49. The zero-order chi connectivity index (χ0) is 14.9. The lowest BCUT2D eigenvalue weighted by Gasteiger charge is -2.17. The van der Waals surface area contributed by atoms with E-state index in [2.05, 4.69) is 6.92 Å². The molecule has 3 nitrogen and oxygen atoms in total. The molecule has 0 fully saturated rings. The van der Waals surface area contributed by atoms with Crippen LogP contribution in [0.3, 0.4) is 0 Å². The van der Waals surface area contributed by atoms with Crippen LogP contribution in [-0.4, -0.2) is 24.4 Å². The minimum Gasteiger partial charge on any atom is -0.281 e. The van der Waals surface area contributed by atoms with Gasteiger partial charge in [0.2, 0.25) is 0 Å². The molecule has 0 aromatic rings. The van der Waals surface area contributed by atoms with Crippen LogP contribution in [0, 0.1) is 0 Å². The molecule has 0 aliphatic rings. The van der Waals surface area contributed by atoms with Crippen molar-refractivity contribution in [3.63, 3.8) is 0 Å². The molecule has 0 heterocycles. The first-order valence-corrected chi connectivity index (χ1v) is 8.16. The molecular weight excluding hydrogens is 300 g/mol. The van der Waals surface area contributed by atoms with E-state index < -0.39 is 28.0 Å². The Hall–Kier alpha value is -0.370. The summed E-state index contributed by atoms with van der Waals surface area (Å²) in [7, 11) is -5.67. The lowest BCUT2D eigenvalue weighted by Crippen LogP contribution is -2.38. The van der Waals surface area contributed by atoms with E-state index in [-0.39, 0.29) is 11.1 Å². The zero-order valence-electron chi connectivity index (χ0n) is 11.7. The van der Waals surface area contributed by atoms with E-state index in [0.717, 1.165) is 32.1 Å². The van der Waals surface area contributed by atoms with Crippen LogP contribution >= 0.6 is 0 Å². The van der Waals surface area contributed by atoms with E-state index in [1.807, 2.05) is 0 Å². The fourth-order valence-corrected chi connectivity index (χ4v) is 2.23. The molecule has 0 aliphatic heterocycles. The SMILES string of the molecule is CCCCCCCCCCC(F)C(F)(F)S(=O)(=O)O.F. The topological polar surface area (TPSA) is 54.4 Å². The summed E-state index contributed by atoms with van der Waals surface area (Å²) in [6, 6.07) is 0. The van der Waals surface area contributed by atoms with E-state index in [9.17, 15) is 21.6 Å². The van der Waals surface area contributed by atoms with Crippen LogP contribution in [0.25, 0.3) is 0 Å². The van der Waals surface area contributed by atoms with Gasteiger partial charge >= 0.3 is 15.4 Å². The van der Waals surface area contributed by atoms with Gasteiger partial charge in [-0.05, 0) is 6.42 Å². The van der Waals surface area contributed by atoms with Crippen molar-refractivity contribution in [3.05, 3.63) is 0 Å². The lowest BCUT2D eigenvalue weighted by molar-refractivity contribution is -0.00709. The summed E-state index contributed by atoms with van der Waals surface area (Å²) in [5, 5.41) is -4.70. The van der Waals surface area contributed by atoms with Crippen molar-refractivity contribution in [1.29, 1.82) is 0 Å². The number of hydrogen-bond acceptors (Lipinski definition) is 2. The highest BCUT2D eigenvalue weighted by molar-refractivity contribution is 7.86. The Morgan fingerprint density at radius 1 is 1.00 bits per heavy atom. The molecule has 0 aliphatic carbocycles. The molecule has 0 spiro atoms. The first-order chi connectivity index (χ1) is 8.73. The molecule has 0 aromatic carbocycles. The Kier molecular flexibility index (Phi) is 11.4. The molecule has 0 amide bonds. The average Bonchev–Trinajstić information content (AvgIpc) is 2.30. The first-order valence-electron chi connectivity index (χ1n) is 6.72. The summed E-state index contributed by atoms with van der Waals surface area (Å²) < 4.78 is 67.5. The van der Waals surface area contributed by atoms with Crippen LogP contribution < -0.4 is 0 Å². The third-order valence-corrected chi connectivity index (χ3v) is 3.96. The van der Waals surface area contributed by atoms with Gasteiger partial charge in [-0.25, -0.2) is 4.39 Å². The maximum Gasteiger partial charge on any atom is 0.400 e. The molecule has 0 rings (SSSR count). The minimum absolute atomic E-state index is 0. The van der Waals surface area contributed by atoms with E-state index in [0.29, 0.717) is 6.42 Å². The fraction of sp³-hybridized carbons (Fsp3) is 1.00. The van der Waals surface area contributed by atoms with Gasteiger partial charge in [-0.15, -0.1) is 0 Å². The van der Waals surface area contributed by atoms with Crippen LogP contribution in [0.4, 0.5) is 17.9 Å². The van der Waals surface area contributed by atoms with Crippen molar-refractivity contribution in [2.75, 3.05) is 0 Å². The second-order valence-corrected chi connectivity index (χ2v) is 6.26. The number of unbranched alkanes of at least 4 members (excludes halogenated alkanes) is 7. The van der Waals surface area contributed by atoms with Crippen LogP contribution in [0.1, 0.15) is 64.7 Å². The highest BCUT2D eigenvalue weighted by Gasteiger charge is 2.52. The van der Waals surface area contributed by atoms with Crippen LogP contribution in [0.15, 0.2) is 0 Å². The summed E-state index contributed by atoms with van der Waals surface area (Å²) in [5.41, 5.74) is 0. The smallest absolute Gasteiger partial charge is 0.281 e. The Balaban J connectivity index is 0. The summed E-state index contributed by atoms with van der Waals surface area (Å²) in [4.78, 5) is 0. The van der Waals surface area contributed by atoms with Gasteiger partial charge in [0, 0.05) is 0 Å². The van der Waals surface area contributed by atoms with Gasteiger partial charge in [0.1, 0.15) is 0 Å². The van der Waals surface area contributed by atoms with Crippen LogP contribution in [0.5, 0.6) is 0 Å². The Morgan fingerprint density at radius 2 is 1.40 bits per heavy atom. The highest BCUT2D eigenvalue weighted by Crippen LogP contribution is 2.30. The largest absolute Gasteiger partial charge is 0.400 e. The van der Waals surface area contributed by atoms with Gasteiger partial charge < -0.3 is 0 Å². The number of halogens is 4. The third kappa shape index (κ3) is 8.04. The van der Waals surface area contributed by atoms with Crippen LogP contribution in [0.2, 0.25) is 0 Å². The molecule has 124 valence electrons. The molecule has 1 unspecified atom stereocenters. The van der Waals surface area contributed by atoms with Gasteiger partial charge in [-0.1, -0.05) is 58.3 Å². The van der Waals surface area contributed by atoms with Gasteiger partial charge in [0.15, 0.2) is 6.17 Å². The maximum atomic E-state index is 13.1. The molecular formula is C12H24F4O3S. The quantitative estimate of drug-likeness (QED) is 0.346. The van der Waals surface area contributed by atoms with Gasteiger partial charge in [-0.2, -0.15) is 17.2 Å². The van der Waals surface area contributed by atoms with Crippen molar-refractivity contribution in [3.8, 4) is 0 Å². The second-order valence-electron chi connectivity index (χ2n) is 4.77. The zero-order valence-corrected chi connectivity index (χ0v) is 12.5. The molecule has 8 heteroatoms. The van der Waals surface area contributed by atoms with Crippen LogP contribution in [-0.2, 0) is 10.1 Å². The third-order valence-electron chi connectivity index (χ3n) is 3.02. The van der Waals surface area contributed by atoms with Gasteiger partial charge in [0.25, 0.3) is 0 Å². The number of rotatable bonds is 11. The number of alkyl halides is 3. The fourth-order valence-electron chi connectivity index (χ4n) is 1.79. The van der Waals surface area contributed by atoms with E-state index in [4.69, 9.17) is 4.55 Å². The molecule has 0 bridgehead atoms. The Labute approximate surface area is 118 Å². The minimum atomic E-state index is -5.67. The monoisotopic (exact) mass is 324 g/mol. The molecule has 20 heavy (non-hydrogen) atoms. The summed E-state index contributed by atoms with van der Waals surface area (Å²) in [6.07, 6.45) is 3.73. The standard InChI is InChI=1S/C12H23F3O3S.FH/c1-2-3-4-5-6-7-8-9-10-11(13)12(14,15)19(16,17)18;/h11H,2-10H2,1H3,(H,16,17,18);1H. The summed E-state index contributed by atoms with van der Waals surface area (Å²) in [6.45, 7) is 2.11. The lowest BCUT2D eigenvalue weighted by atomic mass is 10.1. The molecule has 1 atom stereocenters. The predicted molar refractivity (Wildman–Crippen MR) is 71.1 cm³/mol. The van der Waals surface area contributed by atoms with E-state index in [1.165, 1.54) is 6.42 Å². The molecule has 0 saturated heterocycles. The van der Waals surface area contributed by atoms with E-state index >= 15 is 0 Å².